The van der Waals surface area contributed by atoms with Crippen molar-refractivity contribution in [3.63, 3.8) is 0 Å². The average Bonchev–Trinajstić information content (AvgIpc) is 2.74. The molecule has 2 rings (SSSR count). The molecule has 18 heavy (non-hydrogen) atoms. The molecule has 0 saturated carbocycles. The number of hydrogen-bond acceptors (Lipinski definition) is 2. The maximum atomic E-state index is 6.31. The van der Waals surface area contributed by atoms with Crippen LogP contribution in [0, 0.1) is 5.92 Å². The lowest BCUT2D eigenvalue weighted by Gasteiger charge is -2.24. The van der Waals surface area contributed by atoms with Gasteiger partial charge in [0.25, 0.3) is 0 Å². The highest BCUT2D eigenvalue weighted by atomic mass is 35.5. The van der Waals surface area contributed by atoms with Crippen LogP contribution in [-0.4, -0.2) is 38.6 Å². The molecule has 1 aromatic carbocycles. The van der Waals surface area contributed by atoms with Crippen molar-refractivity contribution in [2.45, 2.75) is 12.3 Å². The smallest absolute Gasteiger partial charge is 0.0642 e. The van der Waals surface area contributed by atoms with Crippen molar-refractivity contribution in [2.24, 2.45) is 5.92 Å². The minimum absolute atomic E-state index is 0.511. The van der Waals surface area contributed by atoms with Gasteiger partial charge in [-0.25, -0.2) is 0 Å². The van der Waals surface area contributed by atoms with Gasteiger partial charge >= 0.3 is 0 Å². The predicted octanol–water partition coefficient (Wildman–Crippen LogP) is 3.47. The molecule has 100 valence electrons. The lowest BCUT2D eigenvalue weighted by molar-refractivity contribution is 0.396. The standard InChI is InChI=1S/C14H20Cl2N2/c1-17-6-5-12(9-17)10-18(2)14-4-3-11(8-15)7-13(14)16/h3-4,7,12H,5-6,8-10H2,1-2H3. The van der Waals surface area contributed by atoms with Crippen LogP contribution in [0.3, 0.4) is 0 Å². The van der Waals surface area contributed by atoms with Crippen LogP contribution in [0.5, 0.6) is 0 Å². The summed E-state index contributed by atoms with van der Waals surface area (Å²) in [7, 11) is 4.29. The number of rotatable bonds is 4. The first-order valence-corrected chi connectivity index (χ1v) is 7.25. The Balaban J connectivity index is 2.02. The number of nitrogens with zero attached hydrogens (tertiary/aromatic N) is 2. The highest BCUT2D eigenvalue weighted by Crippen LogP contribution is 2.28. The highest BCUT2D eigenvalue weighted by Gasteiger charge is 2.21. The van der Waals surface area contributed by atoms with E-state index in [1.54, 1.807) is 0 Å². The topological polar surface area (TPSA) is 6.48 Å². The highest BCUT2D eigenvalue weighted by molar-refractivity contribution is 6.33. The lowest BCUT2D eigenvalue weighted by Crippen LogP contribution is -2.27. The third-order valence-electron chi connectivity index (χ3n) is 3.60. The molecule has 2 nitrogen and oxygen atoms in total. The van der Waals surface area contributed by atoms with Crippen LogP contribution in [0.2, 0.25) is 5.02 Å². The van der Waals surface area contributed by atoms with Gasteiger partial charge < -0.3 is 9.80 Å². The Labute approximate surface area is 119 Å². The summed E-state index contributed by atoms with van der Waals surface area (Å²) in [5.41, 5.74) is 2.17. The summed E-state index contributed by atoms with van der Waals surface area (Å²) < 4.78 is 0. The van der Waals surface area contributed by atoms with E-state index in [0.29, 0.717) is 5.88 Å². The summed E-state index contributed by atoms with van der Waals surface area (Å²) in [4.78, 5) is 4.64. The maximum Gasteiger partial charge on any atom is 0.0642 e. The Morgan fingerprint density at radius 1 is 1.44 bits per heavy atom. The van der Waals surface area contributed by atoms with Crippen molar-refractivity contribution in [2.75, 3.05) is 38.6 Å². The first-order chi connectivity index (χ1) is 8.60. The van der Waals surface area contributed by atoms with E-state index in [4.69, 9.17) is 23.2 Å². The van der Waals surface area contributed by atoms with Crippen LogP contribution in [0.4, 0.5) is 5.69 Å². The van der Waals surface area contributed by atoms with Gasteiger partial charge in [0, 0.05) is 26.0 Å². The van der Waals surface area contributed by atoms with Gasteiger partial charge in [-0.1, -0.05) is 17.7 Å². The lowest BCUT2D eigenvalue weighted by atomic mass is 10.1. The first-order valence-electron chi connectivity index (χ1n) is 6.34. The van der Waals surface area contributed by atoms with Gasteiger partial charge in [-0.05, 0) is 43.6 Å². The fourth-order valence-corrected chi connectivity index (χ4v) is 3.12. The molecule has 0 aliphatic carbocycles. The number of benzene rings is 1. The van der Waals surface area contributed by atoms with Crippen LogP contribution in [0.1, 0.15) is 12.0 Å². The zero-order valence-electron chi connectivity index (χ0n) is 11.0. The molecule has 0 spiro atoms. The maximum absolute atomic E-state index is 6.31. The first kappa shape index (κ1) is 14.0. The summed E-state index contributed by atoms with van der Waals surface area (Å²) in [6.07, 6.45) is 1.28. The molecule has 1 atom stereocenters. The Kier molecular flexibility index (Phi) is 4.77. The molecule has 0 N–H and O–H groups in total. The van der Waals surface area contributed by atoms with Gasteiger partial charge in [0.1, 0.15) is 0 Å². The number of hydrogen-bond donors (Lipinski definition) is 0. The van der Waals surface area contributed by atoms with Crippen molar-refractivity contribution in [3.05, 3.63) is 28.8 Å². The van der Waals surface area contributed by atoms with E-state index in [1.807, 2.05) is 12.1 Å². The normalized spacial score (nSPS) is 20.3. The molecule has 1 aliphatic rings. The van der Waals surface area contributed by atoms with E-state index in [9.17, 15) is 0 Å². The van der Waals surface area contributed by atoms with Crippen LogP contribution in [0.15, 0.2) is 18.2 Å². The number of likely N-dealkylation sites (tertiary alicyclic amines) is 1. The molecule has 1 unspecified atom stereocenters. The molecule has 1 aliphatic heterocycles. The van der Waals surface area contributed by atoms with Crippen molar-refractivity contribution in [3.8, 4) is 0 Å². The molecule has 1 fully saturated rings. The Morgan fingerprint density at radius 2 is 2.22 bits per heavy atom. The van der Waals surface area contributed by atoms with Gasteiger partial charge in [0.05, 0.1) is 10.7 Å². The van der Waals surface area contributed by atoms with E-state index < -0.39 is 0 Å². The van der Waals surface area contributed by atoms with Crippen molar-refractivity contribution in [1.82, 2.24) is 4.90 Å². The van der Waals surface area contributed by atoms with E-state index in [2.05, 4.69) is 30.0 Å². The Hall–Kier alpha value is -0.440. The number of anilines is 1. The van der Waals surface area contributed by atoms with Gasteiger partial charge in [0.2, 0.25) is 0 Å². The second-order valence-corrected chi connectivity index (χ2v) is 5.89. The van der Waals surface area contributed by atoms with Gasteiger partial charge in [0.15, 0.2) is 0 Å². The van der Waals surface area contributed by atoms with Crippen molar-refractivity contribution in [1.29, 1.82) is 0 Å². The molecule has 1 heterocycles. The Morgan fingerprint density at radius 3 is 2.78 bits per heavy atom. The molecule has 4 heteroatoms. The molecular weight excluding hydrogens is 267 g/mol. The molecule has 0 bridgehead atoms. The molecule has 0 aromatic heterocycles. The third kappa shape index (κ3) is 3.31. The van der Waals surface area contributed by atoms with Gasteiger partial charge in [-0.3, -0.25) is 0 Å². The average molecular weight is 287 g/mol. The summed E-state index contributed by atoms with van der Waals surface area (Å²) in [5.74, 6) is 1.25. The summed E-state index contributed by atoms with van der Waals surface area (Å²) in [6, 6.07) is 6.07. The second kappa shape index (κ2) is 6.14. The minimum Gasteiger partial charge on any atom is -0.373 e. The van der Waals surface area contributed by atoms with Crippen LogP contribution in [0.25, 0.3) is 0 Å². The van der Waals surface area contributed by atoms with Crippen LogP contribution in [-0.2, 0) is 5.88 Å². The van der Waals surface area contributed by atoms with E-state index in [0.717, 1.165) is 28.7 Å². The Bertz CT molecular complexity index is 409. The van der Waals surface area contributed by atoms with E-state index in [-0.39, 0.29) is 0 Å². The molecule has 1 saturated heterocycles. The summed E-state index contributed by atoms with van der Waals surface area (Å²) in [5, 5.41) is 0.794. The summed E-state index contributed by atoms with van der Waals surface area (Å²) in [6.45, 7) is 3.45. The van der Waals surface area contributed by atoms with Crippen LogP contribution < -0.4 is 4.90 Å². The molecular formula is C14H20Cl2N2. The second-order valence-electron chi connectivity index (χ2n) is 5.22. The molecule has 1 aromatic rings. The fraction of sp³-hybridized carbons (Fsp3) is 0.571. The monoisotopic (exact) mass is 286 g/mol. The van der Waals surface area contributed by atoms with Crippen LogP contribution >= 0.6 is 23.2 Å². The zero-order chi connectivity index (χ0) is 13.1. The zero-order valence-corrected chi connectivity index (χ0v) is 12.5. The predicted molar refractivity (Wildman–Crippen MR) is 79.9 cm³/mol. The minimum atomic E-state index is 0.511. The molecule has 0 radical (unpaired) electrons. The summed E-state index contributed by atoms with van der Waals surface area (Å²) >= 11 is 12.1. The number of alkyl halides is 1. The largest absolute Gasteiger partial charge is 0.373 e. The van der Waals surface area contributed by atoms with Crippen molar-refractivity contribution >= 4 is 28.9 Å². The van der Waals surface area contributed by atoms with Gasteiger partial charge in [-0.2, -0.15) is 0 Å². The quantitative estimate of drug-likeness (QED) is 0.782. The van der Waals surface area contributed by atoms with Gasteiger partial charge in [-0.15, -0.1) is 11.6 Å². The fourth-order valence-electron chi connectivity index (χ4n) is 2.60. The SMILES string of the molecule is CN1CCC(CN(C)c2ccc(CCl)cc2Cl)C1. The molecule has 0 amide bonds. The van der Waals surface area contributed by atoms with E-state index >= 15 is 0 Å². The van der Waals surface area contributed by atoms with Crippen molar-refractivity contribution < 1.29 is 0 Å². The third-order valence-corrected chi connectivity index (χ3v) is 4.21. The van der Waals surface area contributed by atoms with E-state index in [1.165, 1.54) is 19.5 Å². The number of halogens is 2.